The normalized spacial score (nSPS) is 14.8. The summed E-state index contributed by atoms with van der Waals surface area (Å²) >= 11 is 0. The molecule has 2 heterocycles. The fraction of sp³-hybridized carbons (Fsp3) is 0.333. The van der Waals surface area contributed by atoms with Crippen molar-refractivity contribution in [3.63, 3.8) is 0 Å². The number of halogens is 3. The lowest BCUT2D eigenvalue weighted by molar-refractivity contribution is -0.137. The number of hydrogen-bond acceptors (Lipinski definition) is 5. The summed E-state index contributed by atoms with van der Waals surface area (Å²) in [6.07, 6.45) is -4.57. The van der Waals surface area contributed by atoms with E-state index in [4.69, 9.17) is 0 Å². The van der Waals surface area contributed by atoms with Crippen molar-refractivity contribution in [2.75, 3.05) is 38.0 Å². The van der Waals surface area contributed by atoms with Crippen LogP contribution >= 0.6 is 0 Å². The number of anilines is 1. The molecular formula is C24H24F3N5O3. The molecule has 0 aliphatic carbocycles. The van der Waals surface area contributed by atoms with E-state index in [1.807, 2.05) is 12.1 Å². The lowest BCUT2D eigenvalue weighted by Crippen LogP contribution is -2.51. The summed E-state index contributed by atoms with van der Waals surface area (Å²) in [5, 5.41) is 7.83. The van der Waals surface area contributed by atoms with E-state index in [-0.39, 0.29) is 30.2 Å². The first kappa shape index (κ1) is 24.4. The Morgan fingerprint density at radius 1 is 0.943 bits per heavy atom. The van der Waals surface area contributed by atoms with Gasteiger partial charge in [0, 0.05) is 31.6 Å². The van der Waals surface area contributed by atoms with Gasteiger partial charge in [0.25, 0.3) is 5.56 Å². The molecular weight excluding hydrogens is 463 g/mol. The molecule has 4 rings (SSSR count). The maximum atomic E-state index is 13.1. The van der Waals surface area contributed by atoms with E-state index in [9.17, 15) is 27.6 Å². The average molecular weight is 487 g/mol. The number of carbonyl (C=O) groups is 2. The molecule has 1 N–H and O–H groups in total. The average Bonchev–Trinajstić information content (AvgIpc) is 2.82. The van der Waals surface area contributed by atoms with Gasteiger partial charge in [-0.05, 0) is 25.1 Å². The zero-order valence-corrected chi connectivity index (χ0v) is 19.0. The van der Waals surface area contributed by atoms with Crippen LogP contribution in [0.3, 0.4) is 0 Å². The summed E-state index contributed by atoms with van der Waals surface area (Å²) in [5.41, 5.74) is -0.885. The monoisotopic (exact) mass is 487 g/mol. The molecule has 0 unspecified atom stereocenters. The van der Waals surface area contributed by atoms with Gasteiger partial charge in [0.15, 0.2) is 0 Å². The molecule has 0 spiro atoms. The molecule has 0 radical (unpaired) electrons. The third kappa shape index (κ3) is 5.51. The number of benzene rings is 2. The SMILES string of the molecule is Cc1nn(CC(=O)N2CCN(CC(=O)Nc3ccccc3C(F)(F)F)CC2)c(=O)c2ccccc12. The van der Waals surface area contributed by atoms with Crippen LogP contribution in [-0.2, 0) is 22.3 Å². The topological polar surface area (TPSA) is 87.5 Å². The van der Waals surface area contributed by atoms with Crippen molar-refractivity contribution < 1.29 is 22.8 Å². The highest BCUT2D eigenvalue weighted by molar-refractivity contribution is 5.93. The molecule has 0 saturated carbocycles. The second-order valence-corrected chi connectivity index (χ2v) is 8.34. The Morgan fingerprint density at radius 3 is 2.26 bits per heavy atom. The van der Waals surface area contributed by atoms with Crippen LogP contribution in [0, 0.1) is 6.92 Å². The molecule has 2 amide bonds. The number of alkyl halides is 3. The first-order valence-electron chi connectivity index (χ1n) is 11.1. The molecule has 0 bridgehead atoms. The van der Waals surface area contributed by atoms with Gasteiger partial charge in [0.05, 0.1) is 28.9 Å². The Morgan fingerprint density at radius 2 is 1.57 bits per heavy atom. The van der Waals surface area contributed by atoms with Crippen LogP contribution in [0.2, 0.25) is 0 Å². The maximum Gasteiger partial charge on any atom is 0.418 e. The maximum absolute atomic E-state index is 13.1. The number of aromatic nitrogens is 2. The van der Waals surface area contributed by atoms with Crippen LogP contribution in [-0.4, -0.2) is 64.1 Å². The lowest BCUT2D eigenvalue weighted by Gasteiger charge is -2.34. The summed E-state index contributed by atoms with van der Waals surface area (Å²) in [6, 6.07) is 11.9. The highest BCUT2D eigenvalue weighted by Gasteiger charge is 2.33. The van der Waals surface area contributed by atoms with Crippen molar-refractivity contribution >= 4 is 28.3 Å². The zero-order valence-electron chi connectivity index (χ0n) is 19.0. The summed E-state index contributed by atoms with van der Waals surface area (Å²) in [5.74, 6) is -0.832. The van der Waals surface area contributed by atoms with Gasteiger partial charge in [0.1, 0.15) is 6.54 Å². The molecule has 0 atom stereocenters. The van der Waals surface area contributed by atoms with Crippen LogP contribution < -0.4 is 10.9 Å². The van der Waals surface area contributed by atoms with Crippen LogP contribution in [0.4, 0.5) is 18.9 Å². The van der Waals surface area contributed by atoms with Crippen molar-refractivity contribution in [3.8, 4) is 0 Å². The van der Waals surface area contributed by atoms with Gasteiger partial charge in [-0.15, -0.1) is 0 Å². The molecule has 3 aromatic rings. The molecule has 2 aromatic carbocycles. The summed E-state index contributed by atoms with van der Waals surface area (Å²) in [7, 11) is 0. The molecule has 184 valence electrons. The fourth-order valence-electron chi connectivity index (χ4n) is 4.13. The largest absolute Gasteiger partial charge is 0.418 e. The number of piperazine rings is 1. The van der Waals surface area contributed by atoms with E-state index in [0.717, 1.165) is 16.1 Å². The van der Waals surface area contributed by atoms with Gasteiger partial charge in [0.2, 0.25) is 11.8 Å². The van der Waals surface area contributed by atoms with Gasteiger partial charge >= 0.3 is 6.18 Å². The number of nitrogens with one attached hydrogen (secondary N) is 1. The number of para-hydroxylation sites is 1. The van der Waals surface area contributed by atoms with Gasteiger partial charge in [-0.3, -0.25) is 19.3 Å². The van der Waals surface area contributed by atoms with Crippen molar-refractivity contribution in [2.24, 2.45) is 0 Å². The Hall–Kier alpha value is -3.73. The van der Waals surface area contributed by atoms with Gasteiger partial charge in [-0.2, -0.15) is 18.3 Å². The van der Waals surface area contributed by atoms with E-state index in [1.54, 1.807) is 28.9 Å². The molecule has 8 nitrogen and oxygen atoms in total. The van der Waals surface area contributed by atoms with Crippen LogP contribution in [0.5, 0.6) is 0 Å². The molecule has 1 aliphatic heterocycles. The van der Waals surface area contributed by atoms with Crippen molar-refractivity contribution in [1.29, 1.82) is 0 Å². The summed E-state index contributed by atoms with van der Waals surface area (Å²) in [4.78, 5) is 41.2. The van der Waals surface area contributed by atoms with Gasteiger partial charge in [-0.25, -0.2) is 4.68 Å². The minimum Gasteiger partial charge on any atom is -0.339 e. The highest BCUT2D eigenvalue weighted by atomic mass is 19.4. The number of fused-ring (bicyclic) bond motifs is 1. The quantitative estimate of drug-likeness (QED) is 0.598. The molecule has 11 heteroatoms. The third-order valence-corrected chi connectivity index (χ3v) is 5.94. The lowest BCUT2D eigenvalue weighted by atomic mass is 10.1. The minimum atomic E-state index is -4.57. The van der Waals surface area contributed by atoms with Crippen molar-refractivity contribution in [3.05, 3.63) is 70.1 Å². The fourth-order valence-corrected chi connectivity index (χ4v) is 4.13. The van der Waals surface area contributed by atoms with Crippen LogP contribution in [0.15, 0.2) is 53.3 Å². The Bertz CT molecular complexity index is 1310. The third-order valence-electron chi connectivity index (χ3n) is 5.94. The number of rotatable bonds is 5. The van der Waals surface area contributed by atoms with Crippen molar-refractivity contribution in [2.45, 2.75) is 19.6 Å². The number of aryl methyl sites for hydroxylation is 1. The Labute approximate surface area is 198 Å². The first-order chi connectivity index (χ1) is 16.6. The van der Waals surface area contributed by atoms with E-state index in [2.05, 4.69) is 10.4 Å². The number of amides is 2. The Balaban J connectivity index is 1.33. The van der Waals surface area contributed by atoms with Crippen molar-refractivity contribution in [1.82, 2.24) is 19.6 Å². The van der Waals surface area contributed by atoms with E-state index in [0.29, 0.717) is 37.3 Å². The molecule has 35 heavy (non-hydrogen) atoms. The number of nitrogens with zero attached hydrogens (tertiary/aromatic N) is 4. The van der Waals surface area contributed by atoms with Crippen LogP contribution in [0.25, 0.3) is 10.8 Å². The molecule has 1 fully saturated rings. The highest BCUT2D eigenvalue weighted by Crippen LogP contribution is 2.34. The second-order valence-electron chi connectivity index (χ2n) is 8.34. The molecule has 1 saturated heterocycles. The predicted octanol–water partition coefficient (Wildman–Crippen LogP) is 2.51. The number of hydrogen-bond donors (Lipinski definition) is 1. The summed E-state index contributed by atoms with van der Waals surface area (Å²) < 4.78 is 40.6. The van der Waals surface area contributed by atoms with Gasteiger partial charge in [-0.1, -0.05) is 30.3 Å². The zero-order chi connectivity index (χ0) is 25.2. The standard InChI is InChI=1S/C24H24F3N5O3/c1-16-17-6-2-3-7-18(17)23(35)32(29-16)15-22(34)31-12-10-30(11-13-31)14-21(33)28-20-9-5-4-8-19(20)24(25,26)27/h2-9H,10-15H2,1H3,(H,28,33). The van der Waals surface area contributed by atoms with E-state index in [1.165, 1.54) is 18.2 Å². The minimum absolute atomic E-state index is 0.0981. The second kappa shape index (κ2) is 9.87. The first-order valence-corrected chi connectivity index (χ1v) is 11.1. The Kier molecular flexibility index (Phi) is 6.88. The molecule has 1 aliphatic rings. The van der Waals surface area contributed by atoms with E-state index < -0.39 is 17.6 Å². The van der Waals surface area contributed by atoms with Crippen LogP contribution in [0.1, 0.15) is 11.3 Å². The van der Waals surface area contributed by atoms with E-state index >= 15 is 0 Å². The smallest absolute Gasteiger partial charge is 0.339 e. The predicted molar refractivity (Wildman–Crippen MR) is 124 cm³/mol. The summed E-state index contributed by atoms with van der Waals surface area (Å²) in [6.45, 7) is 2.88. The molecule has 1 aromatic heterocycles. The van der Waals surface area contributed by atoms with Gasteiger partial charge < -0.3 is 10.2 Å². The number of carbonyl (C=O) groups excluding carboxylic acids is 2.